The summed E-state index contributed by atoms with van der Waals surface area (Å²) in [6.45, 7) is 8.54. The Kier molecular flexibility index (Phi) is 10.1. The maximum Gasteiger partial charge on any atom is 4.00 e. The molecule has 0 spiro atoms. The summed E-state index contributed by atoms with van der Waals surface area (Å²) >= 11 is 0. The van der Waals surface area contributed by atoms with Crippen molar-refractivity contribution in [3.63, 3.8) is 0 Å². The average Bonchev–Trinajstić information content (AvgIpc) is 3.01. The van der Waals surface area contributed by atoms with Gasteiger partial charge < -0.3 is 24.8 Å². The Morgan fingerprint density at radius 3 is 2.16 bits per heavy atom. The van der Waals surface area contributed by atoms with Crippen LogP contribution in [0.3, 0.4) is 0 Å². The summed E-state index contributed by atoms with van der Waals surface area (Å²) in [5.41, 5.74) is 4.05. The van der Waals surface area contributed by atoms with Crippen LogP contribution in [0.5, 0.6) is 0 Å². The second-order valence-electron chi connectivity index (χ2n) is 6.23. The van der Waals surface area contributed by atoms with Crippen molar-refractivity contribution in [1.82, 2.24) is 0 Å². The van der Waals surface area contributed by atoms with E-state index in [4.69, 9.17) is 0 Å². The van der Waals surface area contributed by atoms with Gasteiger partial charge in [-0.2, -0.15) is 12.1 Å². The Morgan fingerprint density at radius 1 is 0.920 bits per heavy atom. The van der Waals surface area contributed by atoms with Crippen LogP contribution in [-0.2, 0) is 26.2 Å². The van der Waals surface area contributed by atoms with Crippen LogP contribution in [0.25, 0.3) is 21.5 Å². The molecule has 0 saturated heterocycles. The Morgan fingerprint density at radius 2 is 1.60 bits per heavy atom. The minimum absolute atomic E-state index is 0. The Balaban J connectivity index is 0.000000462. The number of rotatable bonds is 0. The third-order valence-electron chi connectivity index (χ3n) is 4.30. The zero-order valence-corrected chi connectivity index (χ0v) is 19.0. The molecule has 1 unspecified atom stereocenters. The van der Waals surface area contributed by atoms with E-state index in [0.29, 0.717) is 5.92 Å². The van der Waals surface area contributed by atoms with Crippen LogP contribution in [0.4, 0.5) is 0 Å². The molecule has 3 heteroatoms. The number of halogens is 2. The molecule has 0 aliphatic heterocycles. The van der Waals surface area contributed by atoms with Crippen LogP contribution in [0.15, 0.2) is 65.8 Å². The molecule has 25 heavy (non-hydrogen) atoms. The molecule has 3 aromatic rings. The van der Waals surface area contributed by atoms with E-state index in [1.165, 1.54) is 38.3 Å². The van der Waals surface area contributed by atoms with Crippen LogP contribution in [-0.4, -0.2) is 0 Å². The minimum atomic E-state index is 0. The van der Waals surface area contributed by atoms with Gasteiger partial charge in [0.1, 0.15) is 0 Å². The summed E-state index contributed by atoms with van der Waals surface area (Å²) in [7, 11) is 0. The average molecular weight is 449 g/mol. The molecule has 0 heterocycles. The number of benzene rings is 2. The number of hydrogen-bond acceptors (Lipinski definition) is 0. The summed E-state index contributed by atoms with van der Waals surface area (Å²) in [5, 5.41) is 5.41. The van der Waals surface area contributed by atoms with E-state index < -0.39 is 0 Å². The molecule has 1 aliphatic rings. The second kappa shape index (κ2) is 10.4. The second-order valence-corrected chi connectivity index (χ2v) is 6.23. The Bertz CT molecular complexity index is 869. The molecule has 0 amide bonds. The van der Waals surface area contributed by atoms with E-state index >= 15 is 0 Å². The first-order chi connectivity index (χ1) is 10.5. The Hall–Kier alpha value is -0.747. The van der Waals surface area contributed by atoms with Gasteiger partial charge >= 0.3 is 26.2 Å². The predicted molar refractivity (Wildman–Crippen MR) is 97.1 cm³/mol. The quantitative estimate of drug-likeness (QED) is 0.436. The van der Waals surface area contributed by atoms with Crippen LogP contribution in [0, 0.1) is 18.9 Å². The standard InChI is InChI=1S/C14H11.C8H11.2ClH.Zr/c1-10-8-12-7-6-11-4-2-3-5-13(11)14(12)9-10;1-6-4-7(2)8(3)5-6;;;/h2-9H,1H3;4,6H,1-3H3;2*1H;/q2*-1;;;+4/p-2. The summed E-state index contributed by atoms with van der Waals surface area (Å²) < 4.78 is 0. The first-order valence-corrected chi connectivity index (χ1v) is 7.88. The largest absolute Gasteiger partial charge is 4.00 e. The van der Waals surface area contributed by atoms with Gasteiger partial charge in [-0.3, -0.25) is 6.08 Å². The maximum atomic E-state index is 3.29. The van der Waals surface area contributed by atoms with Crippen molar-refractivity contribution in [3.8, 4) is 0 Å². The fraction of sp³-hybridized carbons (Fsp3) is 0.227. The van der Waals surface area contributed by atoms with Gasteiger partial charge in [0.25, 0.3) is 0 Å². The number of fused-ring (bicyclic) bond motifs is 3. The summed E-state index contributed by atoms with van der Waals surface area (Å²) in [4.78, 5) is 0. The molecule has 128 valence electrons. The van der Waals surface area contributed by atoms with Gasteiger partial charge in [-0.1, -0.05) is 62.4 Å². The molecule has 0 fully saturated rings. The third kappa shape index (κ3) is 5.61. The van der Waals surface area contributed by atoms with Gasteiger partial charge in [-0.15, -0.1) is 35.4 Å². The number of hydrogen-bond donors (Lipinski definition) is 0. The van der Waals surface area contributed by atoms with Gasteiger partial charge in [0.05, 0.1) is 0 Å². The molecule has 3 aromatic carbocycles. The topological polar surface area (TPSA) is 0 Å². The smallest absolute Gasteiger partial charge is 1.00 e. The van der Waals surface area contributed by atoms with E-state index in [-0.39, 0.29) is 51.0 Å². The normalized spacial score (nSPS) is 15.1. The zero-order chi connectivity index (χ0) is 15.7. The number of aryl methyl sites for hydroxylation is 1. The SMILES string of the molecule is CC1=[C-]C(C)C=C1C.Cc1cc2c(ccc3ccccc32)[cH-]1.[Cl-].[Cl-].[Zr+4]. The van der Waals surface area contributed by atoms with Crippen molar-refractivity contribution in [1.29, 1.82) is 0 Å². The third-order valence-corrected chi connectivity index (χ3v) is 4.30. The van der Waals surface area contributed by atoms with E-state index in [2.05, 4.69) is 88.4 Å². The van der Waals surface area contributed by atoms with Gasteiger partial charge in [0.15, 0.2) is 0 Å². The van der Waals surface area contributed by atoms with Crippen molar-refractivity contribution in [3.05, 3.63) is 77.4 Å². The van der Waals surface area contributed by atoms with Crippen LogP contribution in [0.2, 0.25) is 0 Å². The number of allylic oxidation sites excluding steroid dienone is 4. The summed E-state index contributed by atoms with van der Waals surface area (Å²) in [5.74, 6) is 0.551. The van der Waals surface area contributed by atoms with E-state index in [1.54, 1.807) is 0 Å². The van der Waals surface area contributed by atoms with Crippen LogP contribution >= 0.6 is 0 Å². The van der Waals surface area contributed by atoms with Gasteiger partial charge in [0, 0.05) is 0 Å². The van der Waals surface area contributed by atoms with Crippen LogP contribution in [0.1, 0.15) is 26.3 Å². The molecular formula is C22H22Cl2Zr. The van der Waals surface area contributed by atoms with Gasteiger partial charge in [-0.05, 0) is 5.39 Å². The fourth-order valence-corrected chi connectivity index (χ4v) is 3.11. The molecule has 0 radical (unpaired) electrons. The molecule has 4 rings (SSSR count). The van der Waals surface area contributed by atoms with E-state index in [1.807, 2.05) is 0 Å². The summed E-state index contributed by atoms with van der Waals surface area (Å²) in [6, 6.07) is 17.4. The monoisotopic (exact) mass is 446 g/mol. The predicted octanol–water partition coefficient (Wildman–Crippen LogP) is 0.358. The first-order valence-electron chi connectivity index (χ1n) is 7.88. The van der Waals surface area contributed by atoms with Crippen molar-refractivity contribution in [2.24, 2.45) is 5.92 Å². The fourth-order valence-electron chi connectivity index (χ4n) is 3.11. The van der Waals surface area contributed by atoms with Gasteiger partial charge in [-0.25, -0.2) is 11.1 Å². The zero-order valence-electron chi connectivity index (χ0n) is 15.0. The molecule has 0 saturated carbocycles. The molecule has 1 aliphatic carbocycles. The molecule has 0 nitrogen and oxygen atoms in total. The molecular weight excluding hydrogens is 426 g/mol. The van der Waals surface area contributed by atoms with E-state index in [0.717, 1.165) is 0 Å². The molecule has 0 aromatic heterocycles. The Labute approximate surface area is 182 Å². The molecule has 0 N–H and O–H groups in total. The molecule has 0 bridgehead atoms. The van der Waals surface area contributed by atoms with Gasteiger partial charge in [0.2, 0.25) is 0 Å². The van der Waals surface area contributed by atoms with E-state index in [9.17, 15) is 0 Å². The minimum Gasteiger partial charge on any atom is -1.00 e. The van der Waals surface area contributed by atoms with Crippen molar-refractivity contribution >= 4 is 21.5 Å². The van der Waals surface area contributed by atoms with Crippen LogP contribution < -0.4 is 24.8 Å². The van der Waals surface area contributed by atoms with Crippen molar-refractivity contribution in [2.45, 2.75) is 27.7 Å². The molecule has 1 atom stereocenters. The van der Waals surface area contributed by atoms with Crippen molar-refractivity contribution < 1.29 is 51.0 Å². The van der Waals surface area contributed by atoms with Crippen molar-refractivity contribution in [2.75, 3.05) is 0 Å². The first kappa shape index (κ1) is 24.3. The summed E-state index contributed by atoms with van der Waals surface area (Å²) in [6.07, 6.45) is 5.52. The maximum absolute atomic E-state index is 3.29.